The van der Waals surface area contributed by atoms with Gasteiger partial charge in [0, 0.05) is 20.2 Å². The summed E-state index contributed by atoms with van der Waals surface area (Å²) in [6.07, 6.45) is -0.472. The largest absolute Gasteiger partial charge is 0.389 e. The van der Waals surface area contributed by atoms with Gasteiger partial charge in [-0.15, -0.1) is 0 Å². The van der Waals surface area contributed by atoms with Gasteiger partial charge < -0.3 is 19.9 Å². The molecule has 0 amide bonds. The van der Waals surface area contributed by atoms with Crippen LogP contribution >= 0.6 is 0 Å². The highest BCUT2D eigenvalue weighted by molar-refractivity contribution is 5.18. The molecule has 0 radical (unpaired) electrons. The Morgan fingerprint density at radius 2 is 1.89 bits per heavy atom. The minimum atomic E-state index is -0.472. The van der Waals surface area contributed by atoms with Gasteiger partial charge in [-0.05, 0) is 11.5 Å². The van der Waals surface area contributed by atoms with Crippen LogP contribution in [0.15, 0.2) is 30.3 Å². The molecule has 1 aromatic rings. The van der Waals surface area contributed by atoms with Crippen molar-refractivity contribution in [3.05, 3.63) is 35.9 Å². The molecule has 4 heteroatoms. The van der Waals surface area contributed by atoms with E-state index >= 15 is 0 Å². The summed E-state index contributed by atoms with van der Waals surface area (Å²) in [6.45, 7) is 4.99. The van der Waals surface area contributed by atoms with Crippen LogP contribution < -0.4 is 5.32 Å². The molecule has 2 N–H and O–H groups in total. The Morgan fingerprint density at radius 1 is 1.16 bits per heavy atom. The lowest BCUT2D eigenvalue weighted by molar-refractivity contribution is 0.0138. The Balaban J connectivity index is 2.09. The highest BCUT2D eigenvalue weighted by Crippen LogP contribution is 2.12. The molecule has 108 valence electrons. The highest BCUT2D eigenvalue weighted by atomic mass is 16.5. The van der Waals surface area contributed by atoms with Gasteiger partial charge in [0.15, 0.2) is 0 Å². The number of hydrogen-bond donors (Lipinski definition) is 2. The Kier molecular flexibility index (Phi) is 8.41. The van der Waals surface area contributed by atoms with Crippen molar-refractivity contribution in [2.24, 2.45) is 0 Å². The number of benzene rings is 1. The normalized spacial score (nSPS) is 14.3. The lowest BCUT2D eigenvalue weighted by Crippen LogP contribution is -2.32. The van der Waals surface area contributed by atoms with Crippen LogP contribution in [0.3, 0.4) is 0 Å². The van der Waals surface area contributed by atoms with Gasteiger partial charge in [0.25, 0.3) is 0 Å². The van der Waals surface area contributed by atoms with Crippen molar-refractivity contribution in [3.63, 3.8) is 0 Å². The number of nitrogens with one attached hydrogen (secondary N) is 1. The van der Waals surface area contributed by atoms with E-state index in [0.717, 1.165) is 6.54 Å². The number of aliphatic hydroxyl groups excluding tert-OH is 1. The van der Waals surface area contributed by atoms with Crippen LogP contribution in [-0.2, 0) is 9.47 Å². The molecule has 0 heterocycles. The maximum atomic E-state index is 9.70. The molecule has 0 spiro atoms. The molecule has 0 aromatic heterocycles. The van der Waals surface area contributed by atoms with Crippen LogP contribution in [0.1, 0.15) is 18.4 Å². The molecule has 0 saturated carbocycles. The summed E-state index contributed by atoms with van der Waals surface area (Å²) in [5, 5.41) is 13.0. The Labute approximate surface area is 115 Å². The maximum absolute atomic E-state index is 9.70. The minimum Gasteiger partial charge on any atom is -0.389 e. The van der Waals surface area contributed by atoms with Crippen molar-refractivity contribution >= 4 is 0 Å². The summed E-state index contributed by atoms with van der Waals surface area (Å²) in [6, 6.07) is 10.4. The number of hydrogen-bond acceptors (Lipinski definition) is 4. The molecule has 1 aromatic carbocycles. The summed E-state index contributed by atoms with van der Waals surface area (Å²) < 4.78 is 10.1. The van der Waals surface area contributed by atoms with Gasteiger partial charge in [-0.1, -0.05) is 37.3 Å². The van der Waals surface area contributed by atoms with Crippen molar-refractivity contribution in [1.29, 1.82) is 0 Å². The minimum absolute atomic E-state index is 0.343. The fourth-order valence-corrected chi connectivity index (χ4v) is 1.79. The number of aliphatic hydroxyl groups is 1. The standard InChI is InChI=1S/C15H25NO3/c1-13(14-6-4-3-5-7-14)10-16-11-15(17)12-19-9-8-18-2/h3-7,13,15-17H,8-12H2,1-2H3. The molecular formula is C15H25NO3. The monoisotopic (exact) mass is 267 g/mol. The molecule has 0 bridgehead atoms. The Bertz CT molecular complexity index is 318. The molecule has 19 heavy (non-hydrogen) atoms. The van der Waals surface area contributed by atoms with Crippen LogP contribution in [0.4, 0.5) is 0 Å². The zero-order valence-corrected chi connectivity index (χ0v) is 11.8. The first-order chi connectivity index (χ1) is 9.24. The number of rotatable bonds is 10. The van der Waals surface area contributed by atoms with Crippen molar-refractivity contribution in [2.75, 3.05) is 40.0 Å². The van der Waals surface area contributed by atoms with E-state index in [1.807, 2.05) is 18.2 Å². The smallest absolute Gasteiger partial charge is 0.0897 e. The van der Waals surface area contributed by atoms with Gasteiger partial charge in [0.2, 0.25) is 0 Å². The van der Waals surface area contributed by atoms with E-state index in [4.69, 9.17) is 9.47 Å². The SMILES string of the molecule is COCCOCC(O)CNCC(C)c1ccccc1. The van der Waals surface area contributed by atoms with Gasteiger partial charge in [0.05, 0.1) is 25.9 Å². The van der Waals surface area contributed by atoms with Crippen LogP contribution in [0, 0.1) is 0 Å². The Morgan fingerprint density at radius 3 is 2.58 bits per heavy atom. The fourth-order valence-electron chi connectivity index (χ4n) is 1.79. The third-order valence-electron chi connectivity index (χ3n) is 2.94. The second kappa shape index (κ2) is 9.92. The fraction of sp³-hybridized carbons (Fsp3) is 0.600. The van der Waals surface area contributed by atoms with Gasteiger partial charge in [-0.2, -0.15) is 0 Å². The second-order valence-electron chi connectivity index (χ2n) is 4.69. The van der Waals surface area contributed by atoms with E-state index in [9.17, 15) is 5.11 Å². The van der Waals surface area contributed by atoms with Crippen molar-refractivity contribution in [3.8, 4) is 0 Å². The summed E-state index contributed by atoms with van der Waals surface area (Å²) in [7, 11) is 1.63. The van der Waals surface area contributed by atoms with Crippen molar-refractivity contribution in [2.45, 2.75) is 18.9 Å². The Hall–Kier alpha value is -0.940. The third kappa shape index (κ3) is 7.28. The molecule has 0 aliphatic carbocycles. The molecule has 2 unspecified atom stereocenters. The summed E-state index contributed by atoms with van der Waals surface area (Å²) >= 11 is 0. The average Bonchev–Trinajstić information content (AvgIpc) is 2.44. The van der Waals surface area contributed by atoms with E-state index < -0.39 is 6.10 Å². The molecule has 0 fully saturated rings. The van der Waals surface area contributed by atoms with E-state index in [1.54, 1.807) is 7.11 Å². The van der Waals surface area contributed by atoms with E-state index in [2.05, 4.69) is 24.4 Å². The maximum Gasteiger partial charge on any atom is 0.0897 e. The molecule has 4 nitrogen and oxygen atoms in total. The topological polar surface area (TPSA) is 50.7 Å². The van der Waals surface area contributed by atoms with Crippen LogP contribution in [0.2, 0.25) is 0 Å². The summed E-state index contributed by atoms with van der Waals surface area (Å²) in [5.74, 6) is 0.433. The summed E-state index contributed by atoms with van der Waals surface area (Å²) in [4.78, 5) is 0. The van der Waals surface area contributed by atoms with E-state index in [0.29, 0.717) is 32.3 Å². The van der Waals surface area contributed by atoms with Gasteiger partial charge in [-0.25, -0.2) is 0 Å². The zero-order chi connectivity index (χ0) is 13.9. The van der Waals surface area contributed by atoms with E-state index in [-0.39, 0.29) is 0 Å². The van der Waals surface area contributed by atoms with Gasteiger partial charge in [-0.3, -0.25) is 0 Å². The predicted molar refractivity (Wildman–Crippen MR) is 76.4 cm³/mol. The molecule has 0 saturated heterocycles. The van der Waals surface area contributed by atoms with Crippen LogP contribution in [0.5, 0.6) is 0 Å². The second-order valence-corrected chi connectivity index (χ2v) is 4.69. The van der Waals surface area contributed by atoms with Crippen molar-refractivity contribution in [1.82, 2.24) is 5.32 Å². The quantitative estimate of drug-likeness (QED) is 0.629. The summed E-state index contributed by atoms with van der Waals surface area (Å²) in [5.41, 5.74) is 1.31. The average molecular weight is 267 g/mol. The first-order valence-electron chi connectivity index (χ1n) is 6.74. The highest BCUT2D eigenvalue weighted by Gasteiger charge is 2.07. The van der Waals surface area contributed by atoms with Gasteiger partial charge in [0.1, 0.15) is 0 Å². The zero-order valence-electron chi connectivity index (χ0n) is 11.8. The molecular weight excluding hydrogens is 242 g/mol. The van der Waals surface area contributed by atoms with Crippen LogP contribution in [0.25, 0.3) is 0 Å². The number of ether oxygens (including phenoxy) is 2. The molecule has 1 rings (SSSR count). The first kappa shape index (κ1) is 16.1. The first-order valence-corrected chi connectivity index (χ1v) is 6.74. The number of methoxy groups -OCH3 is 1. The lowest BCUT2D eigenvalue weighted by Gasteiger charge is -2.16. The predicted octanol–water partition coefficient (Wildman–Crippen LogP) is 1.40. The van der Waals surface area contributed by atoms with Gasteiger partial charge >= 0.3 is 0 Å². The van der Waals surface area contributed by atoms with Crippen molar-refractivity contribution < 1.29 is 14.6 Å². The van der Waals surface area contributed by atoms with E-state index in [1.165, 1.54) is 5.56 Å². The molecule has 0 aliphatic rings. The third-order valence-corrected chi connectivity index (χ3v) is 2.94. The van der Waals surface area contributed by atoms with Crippen LogP contribution in [-0.4, -0.2) is 51.2 Å². The molecule has 2 atom stereocenters. The molecule has 0 aliphatic heterocycles. The lowest BCUT2D eigenvalue weighted by atomic mass is 10.0.